The van der Waals surface area contributed by atoms with Crippen LogP contribution in [0.2, 0.25) is 0 Å². The first-order valence-corrected chi connectivity index (χ1v) is 6.99. The normalized spacial score (nSPS) is 20.4. The van der Waals surface area contributed by atoms with Crippen molar-refractivity contribution in [1.29, 1.82) is 0 Å². The van der Waals surface area contributed by atoms with Crippen LogP contribution in [0.25, 0.3) is 0 Å². The molecule has 0 spiro atoms. The number of aromatic nitrogens is 2. The maximum atomic E-state index is 8.87. The van der Waals surface area contributed by atoms with E-state index in [4.69, 9.17) is 20.1 Å². The van der Waals surface area contributed by atoms with Crippen LogP contribution >= 0.6 is 0 Å². The minimum atomic E-state index is -0.407. The quantitative estimate of drug-likeness (QED) is 0.816. The van der Waals surface area contributed by atoms with Crippen LogP contribution < -0.4 is 5.73 Å². The average Bonchev–Trinajstić information content (AvgIpc) is 2.91. The summed E-state index contributed by atoms with van der Waals surface area (Å²) >= 11 is 0. The second-order valence-electron chi connectivity index (χ2n) is 5.16. The molecule has 1 aromatic heterocycles. The third-order valence-corrected chi connectivity index (χ3v) is 3.80. The maximum absolute atomic E-state index is 8.87. The molecule has 6 nitrogen and oxygen atoms in total. The summed E-state index contributed by atoms with van der Waals surface area (Å²) in [5.41, 5.74) is 5.84. The molecule has 0 saturated heterocycles. The van der Waals surface area contributed by atoms with Gasteiger partial charge in [0.15, 0.2) is 0 Å². The van der Waals surface area contributed by atoms with E-state index >= 15 is 0 Å². The average molecular weight is 269 g/mol. The van der Waals surface area contributed by atoms with Crippen molar-refractivity contribution in [3.05, 3.63) is 11.7 Å². The Morgan fingerprint density at radius 2 is 2.16 bits per heavy atom. The predicted octanol–water partition coefficient (Wildman–Crippen LogP) is 1.72. The molecule has 0 amide bonds. The molecule has 6 heteroatoms. The van der Waals surface area contributed by atoms with Crippen LogP contribution in [0.5, 0.6) is 0 Å². The summed E-state index contributed by atoms with van der Waals surface area (Å²) in [6.07, 6.45) is 6.36. The second-order valence-corrected chi connectivity index (χ2v) is 5.16. The van der Waals surface area contributed by atoms with Gasteiger partial charge < -0.3 is 20.1 Å². The smallest absolute Gasteiger partial charge is 0.243 e. The number of nitrogens with two attached hydrogens (primary N) is 1. The molecule has 1 saturated carbocycles. The lowest BCUT2D eigenvalue weighted by molar-refractivity contribution is 0.0273. The summed E-state index contributed by atoms with van der Waals surface area (Å²) in [6.45, 7) is 0.00914. The summed E-state index contributed by atoms with van der Waals surface area (Å²) in [5.74, 6) is 1.41. The van der Waals surface area contributed by atoms with Gasteiger partial charge in [-0.2, -0.15) is 4.98 Å². The van der Waals surface area contributed by atoms with Gasteiger partial charge in [0, 0.05) is 13.7 Å². The van der Waals surface area contributed by atoms with Gasteiger partial charge in [0.1, 0.15) is 6.10 Å². The molecule has 2 unspecified atom stereocenters. The Kier molecular flexibility index (Phi) is 5.30. The highest BCUT2D eigenvalue weighted by Gasteiger charge is 2.29. The number of rotatable bonds is 6. The molecule has 1 aliphatic carbocycles. The first-order chi connectivity index (χ1) is 9.26. The molecule has 0 radical (unpaired) electrons. The van der Waals surface area contributed by atoms with Crippen LogP contribution in [0.15, 0.2) is 4.52 Å². The van der Waals surface area contributed by atoms with Crippen molar-refractivity contribution < 1.29 is 14.4 Å². The Bertz CT molecular complexity index is 377. The molecule has 1 aromatic rings. The first kappa shape index (κ1) is 14.4. The molecule has 2 atom stereocenters. The largest absolute Gasteiger partial charge is 0.396 e. The summed E-state index contributed by atoms with van der Waals surface area (Å²) in [4.78, 5) is 4.34. The van der Waals surface area contributed by atoms with Crippen molar-refractivity contribution >= 4 is 0 Å². The van der Waals surface area contributed by atoms with E-state index in [0.29, 0.717) is 24.1 Å². The lowest BCUT2D eigenvalue weighted by atomic mass is 9.85. The zero-order valence-corrected chi connectivity index (χ0v) is 11.4. The van der Waals surface area contributed by atoms with E-state index in [0.717, 1.165) is 12.8 Å². The van der Waals surface area contributed by atoms with Gasteiger partial charge in [0.25, 0.3) is 0 Å². The Morgan fingerprint density at radius 3 is 2.79 bits per heavy atom. The molecule has 1 heterocycles. The van der Waals surface area contributed by atoms with E-state index in [2.05, 4.69) is 10.1 Å². The molecule has 0 aromatic carbocycles. The van der Waals surface area contributed by atoms with Crippen molar-refractivity contribution in [2.45, 2.75) is 50.7 Å². The molecule has 0 bridgehead atoms. The van der Waals surface area contributed by atoms with Crippen LogP contribution in [0.1, 0.15) is 62.4 Å². The molecular weight excluding hydrogens is 246 g/mol. The van der Waals surface area contributed by atoms with Crippen molar-refractivity contribution in [2.24, 2.45) is 11.7 Å². The van der Waals surface area contributed by atoms with E-state index in [1.54, 1.807) is 7.11 Å². The third-order valence-electron chi connectivity index (χ3n) is 3.80. The van der Waals surface area contributed by atoms with Crippen LogP contribution in [0, 0.1) is 5.92 Å². The number of nitrogens with zero attached hydrogens (tertiary/aromatic N) is 2. The zero-order valence-electron chi connectivity index (χ0n) is 11.4. The summed E-state index contributed by atoms with van der Waals surface area (Å²) in [7, 11) is 1.68. The number of hydrogen-bond acceptors (Lipinski definition) is 6. The standard InChI is InChI=1S/C13H23N3O3/c1-18-11(9-5-3-2-4-6-9)12-15-13(19-16-12)10(14)7-8-17/h9-11,17H,2-8,14H2,1H3. The van der Waals surface area contributed by atoms with Crippen molar-refractivity contribution in [2.75, 3.05) is 13.7 Å². The molecule has 1 fully saturated rings. The molecule has 3 N–H and O–H groups in total. The first-order valence-electron chi connectivity index (χ1n) is 6.99. The van der Waals surface area contributed by atoms with Gasteiger partial charge in [-0.25, -0.2) is 0 Å². The number of methoxy groups -OCH3 is 1. The van der Waals surface area contributed by atoms with Gasteiger partial charge in [-0.1, -0.05) is 24.4 Å². The number of hydrogen-bond donors (Lipinski definition) is 2. The lowest BCUT2D eigenvalue weighted by Crippen LogP contribution is -2.19. The van der Waals surface area contributed by atoms with Crippen molar-refractivity contribution in [1.82, 2.24) is 10.1 Å². The number of aliphatic hydroxyl groups is 1. The lowest BCUT2D eigenvalue weighted by Gasteiger charge is -2.26. The Labute approximate surface area is 113 Å². The van der Waals surface area contributed by atoms with Gasteiger partial charge in [-0.05, 0) is 25.2 Å². The maximum Gasteiger partial charge on any atom is 0.243 e. The second kappa shape index (κ2) is 6.98. The van der Waals surface area contributed by atoms with Crippen LogP contribution in [-0.2, 0) is 4.74 Å². The van der Waals surface area contributed by atoms with Crippen LogP contribution in [-0.4, -0.2) is 29.0 Å². The van der Waals surface area contributed by atoms with Crippen molar-refractivity contribution in [3.63, 3.8) is 0 Å². The Balaban J connectivity index is 2.06. The molecule has 0 aliphatic heterocycles. The van der Waals surface area contributed by atoms with Gasteiger partial charge >= 0.3 is 0 Å². The Hall–Kier alpha value is -0.980. The minimum Gasteiger partial charge on any atom is -0.396 e. The number of ether oxygens (including phenoxy) is 1. The minimum absolute atomic E-state index is 0.00914. The van der Waals surface area contributed by atoms with E-state index in [1.807, 2.05) is 0 Å². The molecule has 19 heavy (non-hydrogen) atoms. The highest BCUT2D eigenvalue weighted by Crippen LogP contribution is 2.35. The topological polar surface area (TPSA) is 94.4 Å². The predicted molar refractivity (Wildman–Crippen MR) is 69.3 cm³/mol. The van der Waals surface area contributed by atoms with E-state index < -0.39 is 6.04 Å². The highest BCUT2D eigenvalue weighted by molar-refractivity contribution is 4.97. The SMILES string of the molecule is COC(c1noc(C(N)CCO)n1)C1CCCCC1. The summed E-state index contributed by atoms with van der Waals surface area (Å²) < 4.78 is 10.7. The van der Waals surface area contributed by atoms with Gasteiger partial charge in [0.05, 0.1) is 6.04 Å². The molecule has 1 aliphatic rings. The summed E-state index contributed by atoms with van der Waals surface area (Å²) in [5, 5.41) is 12.9. The van der Waals surface area contributed by atoms with E-state index in [1.165, 1.54) is 19.3 Å². The molecular formula is C13H23N3O3. The summed E-state index contributed by atoms with van der Waals surface area (Å²) in [6, 6.07) is -0.407. The fourth-order valence-electron chi connectivity index (χ4n) is 2.72. The van der Waals surface area contributed by atoms with Gasteiger partial charge in [0.2, 0.25) is 11.7 Å². The Morgan fingerprint density at radius 1 is 1.42 bits per heavy atom. The highest BCUT2D eigenvalue weighted by atomic mass is 16.5. The molecule has 2 rings (SSSR count). The number of aliphatic hydroxyl groups excluding tert-OH is 1. The van der Waals surface area contributed by atoms with Gasteiger partial charge in [-0.15, -0.1) is 0 Å². The monoisotopic (exact) mass is 269 g/mol. The van der Waals surface area contributed by atoms with Crippen LogP contribution in [0.4, 0.5) is 0 Å². The fraction of sp³-hybridized carbons (Fsp3) is 0.846. The van der Waals surface area contributed by atoms with E-state index in [9.17, 15) is 0 Å². The van der Waals surface area contributed by atoms with Crippen molar-refractivity contribution in [3.8, 4) is 0 Å². The van der Waals surface area contributed by atoms with E-state index in [-0.39, 0.29) is 12.7 Å². The zero-order chi connectivity index (χ0) is 13.7. The van der Waals surface area contributed by atoms with Crippen LogP contribution in [0.3, 0.4) is 0 Å². The molecule has 108 valence electrons. The third kappa shape index (κ3) is 3.52. The van der Waals surface area contributed by atoms with Gasteiger partial charge in [-0.3, -0.25) is 0 Å². The fourth-order valence-corrected chi connectivity index (χ4v) is 2.72.